The van der Waals surface area contributed by atoms with E-state index in [-0.39, 0.29) is 0 Å². The maximum Gasteiger partial charge on any atom is 0.0462 e. The molecule has 240 valence electrons. The summed E-state index contributed by atoms with van der Waals surface area (Å²) in [6, 6.07) is 55.5. The Balaban J connectivity index is 1.04. The van der Waals surface area contributed by atoms with E-state index in [4.69, 9.17) is 0 Å². The molecule has 1 atom stereocenters. The van der Waals surface area contributed by atoms with Crippen molar-refractivity contribution in [2.75, 3.05) is 4.90 Å². The van der Waals surface area contributed by atoms with Gasteiger partial charge in [-0.25, -0.2) is 0 Å². The number of benzene rings is 6. The number of hydrogen-bond acceptors (Lipinski definition) is 2. The number of nitrogens with zero attached hydrogens (tertiary/aromatic N) is 1. The Kier molecular flexibility index (Phi) is 8.08. The van der Waals surface area contributed by atoms with Gasteiger partial charge in [0.25, 0.3) is 0 Å². The number of hydrogen-bond donors (Lipinski definition) is 0. The average Bonchev–Trinajstić information content (AvgIpc) is 3.57. The number of anilines is 3. The molecule has 0 radical (unpaired) electrons. The zero-order valence-electron chi connectivity index (χ0n) is 27.9. The summed E-state index contributed by atoms with van der Waals surface area (Å²) in [5.41, 5.74) is 12.4. The second-order valence-corrected chi connectivity index (χ2v) is 14.3. The second-order valence-electron chi connectivity index (χ2n) is 13.2. The van der Waals surface area contributed by atoms with E-state index in [1.54, 1.807) is 0 Å². The van der Waals surface area contributed by atoms with Crippen molar-refractivity contribution in [1.82, 2.24) is 0 Å². The van der Waals surface area contributed by atoms with Crippen molar-refractivity contribution in [3.05, 3.63) is 191 Å². The lowest BCUT2D eigenvalue weighted by atomic mass is 9.91. The van der Waals surface area contributed by atoms with Crippen LogP contribution in [0.1, 0.15) is 36.3 Å². The molecule has 2 aliphatic rings. The van der Waals surface area contributed by atoms with E-state index in [0.29, 0.717) is 5.92 Å². The molecule has 0 amide bonds. The molecule has 0 saturated carbocycles. The fraction of sp³-hybridized carbons (Fsp3) is 0.0833. The largest absolute Gasteiger partial charge is 0.311 e. The fourth-order valence-corrected chi connectivity index (χ4v) is 8.56. The highest BCUT2D eigenvalue weighted by molar-refractivity contribution is 7.17. The van der Waals surface area contributed by atoms with E-state index < -0.39 is 0 Å². The number of fused-ring (bicyclic) bond motifs is 3. The van der Waals surface area contributed by atoms with Gasteiger partial charge in [0.05, 0.1) is 0 Å². The monoisotopic (exact) mass is 659 g/mol. The van der Waals surface area contributed by atoms with Gasteiger partial charge in [0.2, 0.25) is 0 Å². The Morgan fingerprint density at radius 1 is 0.520 bits per heavy atom. The summed E-state index contributed by atoms with van der Waals surface area (Å²) in [6.07, 6.45) is 15.1. The van der Waals surface area contributed by atoms with Gasteiger partial charge in [-0.3, -0.25) is 0 Å². The molecule has 9 rings (SSSR count). The molecule has 0 saturated heterocycles. The molecule has 2 heteroatoms. The third-order valence-electron chi connectivity index (χ3n) is 10.1. The van der Waals surface area contributed by atoms with E-state index in [1.807, 2.05) is 11.3 Å². The Morgan fingerprint density at radius 2 is 1.10 bits per heavy atom. The molecule has 0 fully saturated rings. The fourth-order valence-electron chi connectivity index (χ4n) is 7.39. The smallest absolute Gasteiger partial charge is 0.0462 e. The van der Waals surface area contributed by atoms with Crippen molar-refractivity contribution >= 4 is 56.2 Å². The van der Waals surface area contributed by atoms with Crippen molar-refractivity contribution in [1.29, 1.82) is 0 Å². The second kappa shape index (κ2) is 13.3. The molecule has 6 aromatic carbocycles. The zero-order chi connectivity index (χ0) is 33.3. The first-order valence-corrected chi connectivity index (χ1v) is 18.4. The first kappa shape index (κ1) is 30.4. The molecule has 0 bridgehead atoms. The van der Waals surface area contributed by atoms with Crippen molar-refractivity contribution in [3.63, 3.8) is 0 Å². The van der Waals surface area contributed by atoms with Crippen LogP contribution in [0.3, 0.4) is 0 Å². The quantitative estimate of drug-likeness (QED) is 0.165. The molecule has 1 heterocycles. The lowest BCUT2D eigenvalue weighted by Gasteiger charge is -2.26. The maximum atomic E-state index is 2.50. The minimum Gasteiger partial charge on any atom is -0.311 e. The van der Waals surface area contributed by atoms with Crippen LogP contribution in [0.15, 0.2) is 170 Å². The number of allylic oxidation sites excluding steroid dienone is 4. The highest BCUT2D eigenvalue weighted by Gasteiger charge is 2.17. The summed E-state index contributed by atoms with van der Waals surface area (Å²) in [5.74, 6) is 0.345. The van der Waals surface area contributed by atoms with Gasteiger partial charge in [0.1, 0.15) is 0 Å². The van der Waals surface area contributed by atoms with E-state index in [2.05, 4.69) is 187 Å². The van der Waals surface area contributed by atoms with Crippen LogP contribution >= 0.6 is 11.3 Å². The Hall–Kier alpha value is -5.70. The molecule has 2 aliphatic carbocycles. The van der Waals surface area contributed by atoms with Gasteiger partial charge in [-0.15, -0.1) is 11.3 Å². The highest BCUT2D eigenvalue weighted by Crippen LogP contribution is 2.38. The number of rotatable bonds is 7. The maximum absolute atomic E-state index is 2.50. The average molecular weight is 660 g/mol. The molecule has 1 nitrogen and oxygen atoms in total. The lowest BCUT2D eigenvalue weighted by Crippen LogP contribution is -2.23. The third-order valence-corrected chi connectivity index (χ3v) is 11.2. The molecule has 1 unspecified atom stereocenters. The third kappa shape index (κ3) is 5.93. The normalized spacial score (nSPS) is 15.1. The first-order chi connectivity index (χ1) is 24.8. The van der Waals surface area contributed by atoms with Gasteiger partial charge >= 0.3 is 0 Å². The molecule has 50 heavy (non-hydrogen) atoms. The molecular weight excluding hydrogens is 623 g/mol. The number of thiophene rings is 1. The minimum absolute atomic E-state index is 0.345. The molecule has 1 aromatic heterocycles. The van der Waals surface area contributed by atoms with Crippen LogP contribution in [0.5, 0.6) is 0 Å². The molecule has 7 aromatic rings. The van der Waals surface area contributed by atoms with Crippen molar-refractivity contribution in [2.45, 2.75) is 25.2 Å². The molecule has 0 spiro atoms. The summed E-state index contributed by atoms with van der Waals surface area (Å²) in [6.45, 7) is 0. The van der Waals surface area contributed by atoms with Crippen LogP contribution in [0.25, 0.3) is 50.1 Å². The summed E-state index contributed by atoms with van der Waals surface area (Å²) < 4.78 is 2.75. The molecule has 0 aliphatic heterocycles. The van der Waals surface area contributed by atoms with Crippen LogP contribution in [-0.4, -0.2) is 0 Å². The van der Waals surface area contributed by atoms with Gasteiger partial charge in [-0.2, -0.15) is 0 Å². The SMILES string of the molecule is C1=CC(c2ccc(N(c3ccc(-c4ccccc4)cc3)c3ccc(C4C=c5c(sc6cc(-c7ccccc7)ccc56)=CC4)cc3)cc2)=CCC1. The topological polar surface area (TPSA) is 3.24 Å². The minimum atomic E-state index is 0.345. The standard InChI is InChI=1S/C48H37NS/c1-4-10-34(11-5-1)37-16-24-42(25-17-37)49(43-26-18-38(19-27-43)35-12-6-2-7-13-35)44-28-20-39(21-29-44)40-23-31-47-46(32-40)45-30-22-41(33-48(45)50-47)36-14-8-3-9-15-36/h1,3-6,8-22,24-33,40H,2,7,23H2. The zero-order valence-corrected chi connectivity index (χ0v) is 28.7. The van der Waals surface area contributed by atoms with Crippen LogP contribution < -0.4 is 14.7 Å². The Labute approximate surface area is 298 Å². The summed E-state index contributed by atoms with van der Waals surface area (Å²) >= 11 is 1.92. The first-order valence-electron chi connectivity index (χ1n) is 17.6. The van der Waals surface area contributed by atoms with Gasteiger partial charge in [-0.05, 0) is 106 Å². The van der Waals surface area contributed by atoms with Gasteiger partial charge in [-0.1, -0.05) is 140 Å². The predicted molar refractivity (Wildman–Crippen MR) is 216 cm³/mol. The van der Waals surface area contributed by atoms with Gasteiger partial charge in [0, 0.05) is 37.6 Å². The van der Waals surface area contributed by atoms with Crippen LogP contribution in [0.2, 0.25) is 0 Å². The van der Waals surface area contributed by atoms with E-state index in [0.717, 1.165) is 36.3 Å². The molecule has 0 N–H and O–H groups in total. The van der Waals surface area contributed by atoms with Crippen molar-refractivity contribution < 1.29 is 0 Å². The van der Waals surface area contributed by atoms with E-state index in [9.17, 15) is 0 Å². The van der Waals surface area contributed by atoms with Crippen LogP contribution in [-0.2, 0) is 0 Å². The van der Waals surface area contributed by atoms with E-state index >= 15 is 0 Å². The van der Waals surface area contributed by atoms with Crippen LogP contribution in [0.4, 0.5) is 17.1 Å². The van der Waals surface area contributed by atoms with Gasteiger partial charge < -0.3 is 4.90 Å². The summed E-state index contributed by atoms with van der Waals surface area (Å²) in [7, 11) is 0. The predicted octanol–water partition coefficient (Wildman–Crippen LogP) is 12.2. The summed E-state index contributed by atoms with van der Waals surface area (Å²) in [4.78, 5) is 2.37. The lowest BCUT2D eigenvalue weighted by molar-refractivity contribution is 0.926. The van der Waals surface area contributed by atoms with Gasteiger partial charge in [0.15, 0.2) is 0 Å². The summed E-state index contributed by atoms with van der Waals surface area (Å²) in [5, 5.41) is 2.74. The van der Waals surface area contributed by atoms with Crippen LogP contribution in [0, 0.1) is 0 Å². The van der Waals surface area contributed by atoms with Crippen molar-refractivity contribution in [2.24, 2.45) is 0 Å². The Bertz CT molecular complexity index is 2470. The van der Waals surface area contributed by atoms with E-state index in [1.165, 1.54) is 58.8 Å². The Morgan fingerprint density at radius 3 is 1.74 bits per heavy atom. The molecular formula is C48H37NS. The highest BCUT2D eigenvalue weighted by atomic mass is 32.1. The van der Waals surface area contributed by atoms with Crippen molar-refractivity contribution in [3.8, 4) is 22.3 Å².